The van der Waals surface area contributed by atoms with E-state index in [1.165, 1.54) is 4.90 Å². The van der Waals surface area contributed by atoms with Gasteiger partial charge in [0.15, 0.2) is 0 Å². The summed E-state index contributed by atoms with van der Waals surface area (Å²) in [4.78, 5) is 25.6. The Kier molecular flexibility index (Phi) is 2.28. The number of aryl methyl sites for hydroxylation is 1. The molecule has 1 heterocycles. The number of anilines is 1. The summed E-state index contributed by atoms with van der Waals surface area (Å²) in [6.45, 7) is 1.86. The van der Waals surface area contributed by atoms with Crippen molar-refractivity contribution in [2.75, 3.05) is 4.90 Å². The summed E-state index contributed by atoms with van der Waals surface area (Å²) in [7, 11) is 0. The Balaban J connectivity index is 2.13. The Labute approximate surface area is 110 Å². The zero-order valence-electron chi connectivity index (χ0n) is 9.84. The van der Waals surface area contributed by atoms with E-state index < -0.39 is 0 Å². The van der Waals surface area contributed by atoms with Gasteiger partial charge in [0.2, 0.25) is 11.8 Å². The number of carbonyl (C=O) groups is 2. The van der Waals surface area contributed by atoms with Gasteiger partial charge in [0.1, 0.15) is 4.99 Å². The van der Waals surface area contributed by atoms with E-state index >= 15 is 0 Å². The van der Waals surface area contributed by atoms with Gasteiger partial charge >= 0.3 is 0 Å². The second-order valence-electron chi connectivity index (χ2n) is 4.79. The number of imide groups is 1. The first-order valence-electron chi connectivity index (χ1n) is 5.79. The third-order valence-corrected chi connectivity index (χ3v) is 3.81. The molecule has 1 aliphatic carbocycles. The van der Waals surface area contributed by atoms with Gasteiger partial charge in [0, 0.05) is 5.56 Å². The van der Waals surface area contributed by atoms with Gasteiger partial charge in [-0.25, -0.2) is 4.90 Å². The minimum absolute atomic E-state index is 0.114. The van der Waals surface area contributed by atoms with Crippen LogP contribution in [0.25, 0.3) is 0 Å². The Morgan fingerprint density at radius 3 is 2.50 bits per heavy atom. The fourth-order valence-electron chi connectivity index (χ4n) is 2.58. The van der Waals surface area contributed by atoms with Crippen LogP contribution >= 0.6 is 12.2 Å². The van der Waals surface area contributed by atoms with Crippen molar-refractivity contribution in [2.45, 2.75) is 13.3 Å². The first-order valence-corrected chi connectivity index (χ1v) is 6.20. The van der Waals surface area contributed by atoms with Crippen molar-refractivity contribution < 1.29 is 9.59 Å². The minimum atomic E-state index is -0.117. The number of hydrogen-bond donors (Lipinski definition) is 1. The molecule has 1 saturated carbocycles. The molecule has 3 rings (SSSR count). The SMILES string of the molecule is Cc1cccc(N2C(=O)C3CC3C2=O)c1C(N)=S. The van der Waals surface area contributed by atoms with Crippen molar-refractivity contribution in [1.29, 1.82) is 0 Å². The zero-order chi connectivity index (χ0) is 13.0. The lowest BCUT2D eigenvalue weighted by atomic mass is 10.1. The molecule has 5 heteroatoms. The number of carbonyl (C=O) groups excluding carboxylic acids is 2. The van der Waals surface area contributed by atoms with Gasteiger partial charge in [0.25, 0.3) is 0 Å². The molecule has 2 atom stereocenters. The Hall–Kier alpha value is -1.75. The van der Waals surface area contributed by atoms with Gasteiger partial charge in [-0.2, -0.15) is 0 Å². The summed E-state index contributed by atoms with van der Waals surface area (Å²) in [5, 5.41) is 0. The topological polar surface area (TPSA) is 63.4 Å². The summed E-state index contributed by atoms with van der Waals surface area (Å²) >= 11 is 5.02. The molecule has 2 N–H and O–H groups in total. The number of hydrogen-bond acceptors (Lipinski definition) is 3. The van der Waals surface area contributed by atoms with Crippen molar-refractivity contribution in [3.8, 4) is 0 Å². The molecule has 4 nitrogen and oxygen atoms in total. The zero-order valence-corrected chi connectivity index (χ0v) is 10.7. The second kappa shape index (κ2) is 3.62. The molecule has 1 aliphatic heterocycles. The van der Waals surface area contributed by atoms with Gasteiger partial charge in [0.05, 0.1) is 17.5 Å². The number of thiocarbonyl (C=S) groups is 1. The van der Waals surface area contributed by atoms with Crippen molar-refractivity contribution in [1.82, 2.24) is 0 Å². The fraction of sp³-hybridized carbons (Fsp3) is 0.308. The predicted octanol–water partition coefficient (Wildman–Crippen LogP) is 1.14. The normalized spacial score (nSPS) is 25.3. The van der Waals surface area contributed by atoms with E-state index in [0.29, 0.717) is 17.7 Å². The van der Waals surface area contributed by atoms with Crippen LogP contribution in [0, 0.1) is 18.8 Å². The molecule has 0 spiro atoms. The maximum Gasteiger partial charge on any atom is 0.237 e. The lowest BCUT2D eigenvalue weighted by molar-refractivity contribution is -0.123. The van der Waals surface area contributed by atoms with E-state index in [9.17, 15) is 9.59 Å². The summed E-state index contributed by atoms with van der Waals surface area (Å²) in [6, 6.07) is 5.39. The van der Waals surface area contributed by atoms with Gasteiger partial charge in [-0.05, 0) is 25.0 Å². The first-order chi connectivity index (χ1) is 8.52. The second-order valence-corrected chi connectivity index (χ2v) is 5.23. The van der Waals surface area contributed by atoms with Crippen LogP contribution in [-0.2, 0) is 9.59 Å². The fourth-order valence-corrected chi connectivity index (χ4v) is 2.84. The molecule has 1 aromatic carbocycles. The molecule has 92 valence electrons. The summed E-state index contributed by atoms with van der Waals surface area (Å²) in [6.07, 6.45) is 0.697. The monoisotopic (exact) mass is 260 g/mol. The van der Waals surface area contributed by atoms with Crippen LogP contribution in [0.1, 0.15) is 17.5 Å². The number of nitrogens with two attached hydrogens (primary N) is 1. The van der Waals surface area contributed by atoms with Gasteiger partial charge in [-0.15, -0.1) is 0 Å². The lowest BCUT2D eigenvalue weighted by Gasteiger charge is -2.20. The van der Waals surface area contributed by atoms with Crippen LogP contribution in [0.15, 0.2) is 18.2 Å². The van der Waals surface area contributed by atoms with Gasteiger partial charge < -0.3 is 5.73 Å². The number of benzene rings is 1. The first kappa shape index (κ1) is 11.3. The molecule has 2 amide bonds. The van der Waals surface area contributed by atoms with Gasteiger partial charge in [-0.1, -0.05) is 24.4 Å². The van der Waals surface area contributed by atoms with E-state index in [2.05, 4.69) is 0 Å². The average Bonchev–Trinajstić information content (AvgIpc) is 3.03. The highest BCUT2D eigenvalue weighted by Gasteiger charge is 2.59. The average molecular weight is 260 g/mol. The van der Waals surface area contributed by atoms with Crippen LogP contribution < -0.4 is 10.6 Å². The van der Waals surface area contributed by atoms with E-state index in [0.717, 1.165) is 5.56 Å². The molecule has 1 aromatic rings. The standard InChI is InChI=1S/C13H12N2O2S/c1-6-3-2-4-9(10(6)11(14)18)15-12(16)7-5-8(7)13(15)17/h2-4,7-8H,5H2,1H3,(H2,14,18). The predicted molar refractivity (Wildman–Crippen MR) is 71.2 cm³/mol. The molecular formula is C13H12N2O2S. The lowest BCUT2D eigenvalue weighted by Crippen LogP contribution is -2.34. The number of rotatable bonds is 2. The third-order valence-electron chi connectivity index (χ3n) is 3.60. The molecule has 0 radical (unpaired) electrons. The Bertz CT molecular complexity index is 577. The van der Waals surface area contributed by atoms with Crippen molar-refractivity contribution in [3.05, 3.63) is 29.3 Å². The summed E-state index contributed by atoms with van der Waals surface area (Å²) < 4.78 is 0. The largest absolute Gasteiger partial charge is 0.389 e. The third kappa shape index (κ3) is 1.40. The quantitative estimate of drug-likeness (QED) is 0.640. The Morgan fingerprint density at radius 1 is 1.33 bits per heavy atom. The van der Waals surface area contributed by atoms with Crippen LogP contribution in [0.3, 0.4) is 0 Å². The molecule has 18 heavy (non-hydrogen) atoms. The molecule has 2 aliphatic rings. The molecule has 2 fully saturated rings. The van der Waals surface area contributed by atoms with Crippen LogP contribution in [0.5, 0.6) is 0 Å². The van der Waals surface area contributed by atoms with Crippen molar-refractivity contribution in [3.63, 3.8) is 0 Å². The number of fused-ring (bicyclic) bond motifs is 1. The van der Waals surface area contributed by atoms with Crippen LogP contribution in [0.2, 0.25) is 0 Å². The smallest absolute Gasteiger partial charge is 0.237 e. The molecular weight excluding hydrogens is 248 g/mol. The van der Waals surface area contributed by atoms with E-state index in [1.807, 2.05) is 13.0 Å². The Morgan fingerprint density at radius 2 is 1.94 bits per heavy atom. The van der Waals surface area contributed by atoms with Crippen molar-refractivity contribution >= 4 is 34.7 Å². The number of amides is 2. The van der Waals surface area contributed by atoms with Crippen LogP contribution in [-0.4, -0.2) is 16.8 Å². The molecule has 0 aromatic heterocycles. The van der Waals surface area contributed by atoms with E-state index in [4.69, 9.17) is 18.0 Å². The van der Waals surface area contributed by atoms with Gasteiger partial charge in [-0.3, -0.25) is 9.59 Å². The number of piperidine rings is 1. The highest BCUT2D eigenvalue weighted by atomic mass is 32.1. The van der Waals surface area contributed by atoms with Crippen LogP contribution in [0.4, 0.5) is 5.69 Å². The summed E-state index contributed by atoms with van der Waals surface area (Å²) in [5.74, 6) is -0.462. The molecule has 1 saturated heterocycles. The maximum atomic E-state index is 12.1. The molecule has 0 bridgehead atoms. The summed E-state index contributed by atoms with van der Waals surface area (Å²) in [5.41, 5.74) is 7.73. The minimum Gasteiger partial charge on any atom is -0.389 e. The van der Waals surface area contributed by atoms with E-state index in [-0.39, 0.29) is 28.6 Å². The highest BCUT2D eigenvalue weighted by Crippen LogP contribution is 2.48. The highest BCUT2D eigenvalue weighted by molar-refractivity contribution is 7.80. The van der Waals surface area contributed by atoms with Crippen molar-refractivity contribution in [2.24, 2.45) is 17.6 Å². The number of nitrogens with zero attached hydrogens (tertiary/aromatic N) is 1. The van der Waals surface area contributed by atoms with E-state index in [1.54, 1.807) is 12.1 Å². The maximum absolute atomic E-state index is 12.1. The molecule has 2 unspecified atom stereocenters.